The van der Waals surface area contributed by atoms with Gasteiger partial charge >= 0.3 is 0 Å². The summed E-state index contributed by atoms with van der Waals surface area (Å²) < 4.78 is 1.71. The van der Waals surface area contributed by atoms with E-state index in [1.165, 1.54) is 11.3 Å². The Morgan fingerprint density at radius 3 is 2.76 bits per heavy atom. The van der Waals surface area contributed by atoms with Gasteiger partial charge in [-0.3, -0.25) is 10.1 Å². The second-order valence-corrected chi connectivity index (χ2v) is 8.10. The Kier molecular flexibility index (Phi) is 5.27. The lowest BCUT2D eigenvalue weighted by Gasteiger charge is -2.13. The van der Waals surface area contributed by atoms with Gasteiger partial charge in [-0.15, -0.1) is 10.2 Å². The van der Waals surface area contributed by atoms with Crippen LogP contribution in [0.1, 0.15) is 21.7 Å². The van der Waals surface area contributed by atoms with Gasteiger partial charge in [0, 0.05) is 21.8 Å². The van der Waals surface area contributed by atoms with Crippen LogP contribution in [0.15, 0.2) is 42.5 Å². The SMILES string of the molecule is Cc1ccc(-c2nn3c(C)nnc3s2)cc1NC(=S)NC(=O)c1cccc(Cl)c1. The number of benzene rings is 2. The molecular formula is C19H15ClN6OS2. The van der Waals surface area contributed by atoms with E-state index >= 15 is 0 Å². The minimum atomic E-state index is -0.331. The van der Waals surface area contributed by atoms with Crippen LogP contribution in [0.4, 0.5) is 5.69 Å². The number of rotatable bonds is 3. The highest BCUT2D eigenvalue weighted by Gasteiger charge is 2.13. The van der Waals surface area contributed by atoms with Crippen molar-refractivity contribution in [3.05, 3.63) is 64.4 Å². The molecule has 10 heteroatoms. The van der Waals surface area contributed by atoms with Gasteiger partial charge in [-0.25, -0.2) is 0 Å². The molecule has 0 fully saturated rings. The van der Waals surface area contributed by atoms with Gasteiger partial charge in [0.1, 0.15) is 5.01 Å². The third-order valence-corrected chi connectivity index (χ3v) is 5.58. The summed E-state index contributed by atoms with van der Waals surface area (Å²) in [6, 6.07) is 12.6. The van der Waals surface area contributed by atoms with Gasteiger partial charge in [0.2, 0.25) is 4.96 Å². The molecule has 4 rings (SSSR count). The molecule has 2 heterocycles. The number of thiocarbonyl (C=S) groups is 1. The topological polar surface area (TPSA) is 84.2 Å². The molecule has 2 aromatic carbocycles. The van der Waals surface area contributed by atoms with E-state index in [1.54, 1.807) is 28.8 Å². The zero-order chi connectivity index (χ0) is 20.5. The molecule has 0 bridgehead atoms. The van der Waals surface area contributed by atoms with E-state index in [9.17, 15) is 4.79 Å². The van der Waals surface area contributed by atoms with Crippen molar-refractivity contribution in [2.45, 2.75) is 13.8 Å². The average Bonchev–Trinajstić information content (AvgIpc) is 3.26. The van der Waals surface area contributed by atoms with Gasteiger partial charge in [0.05, 0.1) is 0 Å². The number of aryl methyl sites for hydroxylation is 2. The number of anilines is 1. The average molecular weight is 443 g/mol. The van der Waals surface area contributed by atoms with Crippen LogP contribution in [-0.2, 0) is 0 Å². The maximum absolute atomic E-state index is 12.4. The van der Waals surface area contributed by atoms with Crippen molar-refractivity contribution in [1.82, 2.24) is 25.1 Å². The van der Waals surface area contributed by atoms with E-state index in [-0.39, 0.29) is 11.0 Å². The van der Waals surface area contributed by atoms with E-state index in [2.05, 4.69) is 25.9 Å². The van der Waals surface area contributed by atoms with Crippen LogP contribution in [0, 0.1) is 13.8 Å². The predicted molar refractivity (Wildman–Crippen MR) is 119 cm³/mol. The first-order valence-electron chi connectivity index (χ1n) is 8.58. The fraction of sp³-hybridized carbons (Fsp3) is 0.105. The number of halogens is 1. The quantitative estimate of drug-likeness (QED) is 0.461. The van der Waals surface area contributed by atoms with E-state index in [0.29, 0.717) is 10.6 Å². The van der Waals surface area contributed by atoms with Crippen LogP contribution in [0.2, 0.25) is 5.02 Å². The van der Waals surface area contributed by atoms with Gasteiger partial charge in [-0.05, 0) is 55.9 Å². The van der Waals surface area contributed by atoms with E-state index < -0.39 is 0 Å². The number of hydrogen-bond acceptors (Lipinski definition) is 6. The molecule has 0 aliphatic rings. The summed E-state index contributed by atoms with van der Waals surface area (Å²) >= 11 is 12.7. The normalized spacial score (nSPS) is 10.9. The van der Waals surface area contributed by atoms with Crippen LogP contribution < -0.4 is 10.6 Å². The van der Waals surface area contributed by atoms with Crippen molar-refractivity contribution in [2.75, 3.05) is 5.32 Å². The number of nitrogens with zero attached hydrogens (tertiary/aromatic N) is 4. The van der Waals surface area contributed by atoms with Gasteiger partial charge in [0.25, 0.3) is 5.91 Å². The summed E-state index contributed by atoms with van der Waals surface area (Å²) in [7, 11) is 0. The van der Waals surface area contributed by atoms with Gasteiger partial charge in [-0.1, -0.05) is 41.1 Å². The van der Waals surface area contributed by atoms with Crippen molar-refractivity contribution in [3.8, 4) is 10.6 Å². The lowest BCUT2D eigenvalue weighted by Crippen LogP contribution is -2.34. The van der Waals surface area contributed by atoms with E-state index in [0.717, 1.165) is 32.6 Å². The monoisotopic (exact) mass is 442 g/mol. The number of hydrogen-bond donors (Lipinski definition) is 2. The van der Waals surface area contributed by atoms with E-state index in [1.807, 2.05) is 32.0 Å². The summed E-state index contributed by atoms with van der Waals surface area (Å²) in [5, 5.41) is 19.9. The third-order valence-electron chi connectivity index (χ3n) is 4.19. The molecule has 4 aromatic rings. The van der Waals surface area contributed by atoms with Crippen molar-refractivity contribution in [2.24, 2.45) is 0 Å². The Morgan fingerprint density at radius 1 is 1.17 bits per heavy atom. The fourth-order valence-electron chi connectivity index (χ4n) is 2.68. The minimum absolute atomic E-state index is 0.198. The molecule has 0 aliphatic carbocycles. The van der Waals surface area contributed by atoms with Crippen molar-refractivity contribution >= 4 is 56.8 Å². The Bertz CT molecular complexity index is 1250. The minimum Gasteiger partial charge on any atom is -0.332 e. The van der Waals surface area contributed by atoms with Gasteiger partial charge in [-0.2, -0.15) is 9.61 Å². The Morgan fingerprint density at radius 2 is 2.00 bits per heavy atom. The van der Waals surface area contributed by atoms with Crippen molar-refractivity contribution in [1.29, 1.82) is 0 Å². The summed E-state index contributed by atoms with van der Waals surface area (Å²) in [5.41, 5.74) is 3.10. The molecule has 2 aromatic heterocycles. The fourth-order valence-corrected chi connectivity index (χ4v) is 3.95. The zero-order valence-electron chi connectivity index (χ0n) is 15.4. The highest BCUT2D eigenvalue weighted by atomic mass is 35.5. The summed E-state index contributed by atoms with van der Waals surface area (Å²) in [4.78, 5) is 13.1. The third kappa shape index (κ3) is 4.12. The van der Waals surface area contributed by atoms with Crippen LogP contribution >= 0.6 is 35.2 Å². The molecule has 0 radical (unpaired) electrons. The lowest BCUT2D eigenvalue weighted by molar-refractivity contribution is 0.0977. The molecule has 146 valence electrons. The standard InChI is InChI=1S/C19H15ClN6OS2/c1-10-6-7-13(17-25-26-11(2)23-24-19(26)29-17)9-15(10)21-18(28)22-16(27)12-4-3-5-14(20)8-12/h3-9H,1-2H3,(H2,21,22,27,28). The molecule has 0 saturated carbocycles. The number of aromatic nitrogens is 4. The highest BCUT2D eigenvalue weighted by molar-refractivity contribution is 7.80. The van der Waals surface area contributed by atoms with E-state index in [4.69, 9.17) is 23.8 Å². The van der Waals surface area contributed by atoms with Crippen LogP contribution in [0.5, 0.6) is 0 Å². The molecule has 7 nitrogen and oxygen atoms in total. The molecule has 0 saturated heterocycles. The maximum Gasteiger partial charge on any atom is 0.257 e. The number of carbonyl (C=O) groups is 1. The molecule has 0 unspecified atom stereocenters. The number of amides is 1. The first kappa shape index (κ1) is 19.4. The number of fused-ring (bicyclic) bond motifs is 1. The highest BCUT2D eigenvalue weighted by Crippen LogP contribution is 2.29. The van der Waals surface area contributed by atoms with Gasteiger partial charge < -0.3 is 5.32 Å². The smallest absolute Gasteiger partial charge is 0.257 e. The largest absolute Gasteiger partial charge is 0.332 e. The molecule has 1 amide bonds. The summed E-state index contributed by atoms with van der Waals surface area (Å²) in [6.45, 7) is 3.81. The lowest BCUT2D eigenvalue weighted by atomic mass is 10.1. The summed E-state index contributed by atoms with van der Waals surface area (Å²) in [5.74, 6) is 0.404. The number of carbonyl (C=O) groups excluding carboxylic acids is 1. The van der Waals surface area contributed by atoms with Crippen LogP contribution in [0.3, 0.4) is 0 Å². The second kappa shape index (κ2) is 7.86. The molecule has 29 heavy (non-hydrogen) atoms. The second-order valence-electron chi connectivity index (χ2n) is 6.30. The van der Waals surface area contributed by atoms with Crippen LogP contribution in [-0.4, -0.2) is 30.8 Å². The van der Waals surface area contributed by atoms with Crippen molar-refractivity contribution < 1.29 is 4.79 Å². The molecule has 0 atom stereocenters. The van der Waals surface area contributed by atoms with Crippen molar-refractivity contribution in [3.63, 3.8) is 0 Å². The van der Waals surface area contributed by atoms with Crippen LogP contribution in [0.25, 0.3) is 15.5 Å². The first-order valence-corrected chi connectivity index (χ1v) is 10.2. The molecular weight excluding hydrogens is 428 g/mol. The molecule has 0 spiro atoms. The maximum atomic E-state index is 12.4. The molecule has 2 N–H and O–H groups in total. The Balaban J connectivity index is 1.53. The Labute approximate surface area is 180 Å². The first-order chi connectivity index (χ1) is 13.9. The molecule has 0 aliphatic heterocycles. The predicted octanol–water partition coefficient (Wildman–Crippen LogP) is 4.25. The number of nitrogens with one attached hydrogen (secondary N) is 2. The zero-order valence-corrected chi connectivity index (χ0v) is 17.8. The Hall–Kier alpha value is -2.88. The van der Waals surface area contributed by atoms with Gasteiger partial charge in [0.15, 0.2) is 10.9 Å². The summed E-state index contributed by atoms with van der Waals surface area (Å²) in [6.07, 6.45) is 0.